The van der Waals surface area contributed by atoms with Crippen molar-refractivity contribution < 1.29 is 4.74 Å². The lowest BCUT2D eigenvalue weighted by atomic mass is 9.68. The van der Waals surface area contributed by atoms with Crippen LogP contribution in [0.1, 0.15) is 52.0 Å². The third kappa shape index (κ3) is 3.58. The third-order valence-corrected chi connectivity index (χ3v) is 4.76. The molecule has 1 saturated carbocycles. The average molecular weight is 276 g/mol. The van der Waals surface area contributed by atoms with E-state index in [2.05, 4.69) is 25.8 Å². The van der Waals surface area contributed by atoms with Crippen molar-refractivity contribution >= 4 is 0 Å². The average Bonchev–Trinajstić information content (AvgIpc) is 2.43. The van der Waals surface area contributed by atoms with Crippen molar-refractivity contribution in [2.75, 3.05) is 6.61 Å². The van der Waals surface area contributed by atoms with Gasteiger partial charge in [0.25, 0.3) is 0 Å². The van der Waals surface area contributed by atoms with Crippen molar-refractivity contribution in [1.29, 1.82) is 0 Å². The summed E-state index contributed by atoms with van der Waals surface area (Å²) in [5, 5.41) is 0. The van der Waals surface area contributed by atoms with Crippen LogP contribution in [0, 0.1) is 5.41 Å². The van der Waals surface area contributed by atoms with Gasteiger partial charge in [-0.05, 0) is 62.1 Å². The summed E-state index contributed by atoms with van der Waals surface area (Å²) in [5.74, 6) is 0. The number of nitrogens with zero attached hydrogens (tertiary/aromatic N) is 1. The highest BCUT2D eigenvalue weighted by Crippen LogP contribution is 2.43. The number of nitrogens with two attached hydrogens (primary N) is 1. The van der Waals surface area contributed by atoms with Crippen molar-refractivity contribution in [3.05, 3.63) is 30.1 Å². The Bertz CT molecular complexity index is 406. The molecule has 1 fully saturated rings. The topological polar surface area (TPSA) is 48.1 Å². The molecule has 0 aromatic carbocycles. The van der Waals surface area contributed by atoms with Gasteiger partial charge in [0.1, 0.15) is 0 Å². The summed E-state index contributed by atoms with van der Waals surface area (Å²) < 4.78 is 6.16. The highest BCUT2D eigenvalue weighted by Gasteiger charge is 2.43. The number of hydrogen-bond acceptors (Lipinski definition) is 3. The van der Waals surface area contributed by atoms with Gasteiger partial charge in [-0.3, -0.25) is 4.98 Å². The van der Waals surface area contributed by atoms with Gasteiger partial charge in [0.15, 0.2) is 0 Å². The monoisotopic (exact) mass is 276 g/mol. The minimum absolute atomic E-state index is 0.0564. The largest absolute Gasteiger partial charge is 0.374 e. The van der Waals surface area contributed by atoms with E-state index in [1.54, 1.807) is 0 Å². The maximum absolute atomic E-state index is 6.54. The zero-order valence-electron chi connectivity index (χ0n) is 13.1. The SMILES string of the molecule is CCOC1(C(N)Cc2ccncc2)CCC(C)(C)CC1. The quantitative estimate of drug-likeness (QED) is 0.897. The Kier molecular flexibility index (Phi) is 4.82. The van der Waals surface area contributed by atoms with Gasteiger partial charge in [-0.15, -0.1) is 0 Å². The van der Waals surface area contributed by atoms with E-state index in [0.29, 0.717) is 5.41 Å². The molecule has 1 aromatic heterocycles. The molecule has 1 aliphatic carbocycles. The first-order valence-electron chi connectivity index (χ1n) is 7.76. The van der Waals surface area contributed by atoms with Gasteiger partial charge in [-0.25, -0.2) is 0 Å². The van der Waals surface area contributed by atoms with Crippen molar-refractivity contribution in [1.82, 2.24) is 4.98 Å². The van der Waals surface area contributed by atoms with E-state index >= 15 is 0 Å². The van der Waals surface area contributed by atoms with Crippen LogP contribution >= 0.6 is 0 Å². The third-order valence-electron chi connectivity index (χ3n) is 4.76. The molecule has 1 aliphatic rings. The summed E-state index contributed by atoms with van der Waals surface area (Å²) in [6.45, 7) is 7.50. The van der Waals surface area contributed by atoms with Crippen LogP contribution in [0.15, 0.2) is 24.5 Å². The summed E-state index contributed by atoms with van der Waals surface area (Å²) in [7, 11) is 0. The highest BCUT2D eigenvalue weighted by atomic mass is 16.5. The first-order chi connectivity index (χ1) is 9.47. The molecule has 2 N–H and O–H groups in total. The molecular formula is C17H28N2O. The summed E-state index contributed by atoms with van der Waals surface area (Å²) in [5.41, 5.74) is 8.07. The minimum atomic E-state index is -0.145. The van der Waals surface area contributed by atoms with Crippen molar-refractivity contribution in [3.8, 4) is 0 Å². The molecule has 1 heterocycles. The Morgan fingerprint density at radius 2 is 1.80 bits per heavy atom. The van der Waals surface area contributed by atoms with Crippen LogP contribution in [0.25, 0.3) is 0 Å². The van der Waals surface area contributed by atoms with Crippen LogP contribution in [0.3, 0.4) is 0 Å². The molecule has 3 heteroatoms. The molecule has 0 radical (unpaired) electrons. The van der Waals surface area contributed by atoms with E-state index in [1.807, 2.05) is 24.5 Å². The highest BCUT2D eigenvalue weighted by molar-refractivity contribution is 5.13. The molecule has 1 unspecified atom stereocenters. The molecule has 0 amide bonds. The molecule has 1 aromatic rings. The molecular weight excluding hydrogens is 248 g/mol. The maximum Gasteiger partial charge on any atom is 0.0836 e. The normalized spacial score (nSPS) is 22.4. The van der Waals surface area contributed by atoms with Gasteiger partial charge in [0, 0.05) is 25.0 Å². The van der Waals surface area contributed by atoms with Crippen LogP contribution in [-0.2, 0) is 11.2 Å². The number of ether oxygens (including phenoxy) is 1. The molecule has 20 heavy (non-hydrogen) atoms. The number of hydrogen-bond donors (Lipinski definition) is 1. The molecule has 0 bridgehead atoms. The lowest BCUT2D eigenvalue weighted by Crippen LogP contribution is -2.54. The molecule has 2 rings (SSSR count). The number of pyridine rings is 1. The number of aromatic nitrogens is 1. The number of rotatable bonds is 5. The van der Waals surface area contributed by atoms with Gasteiger partial charge in [0.2, 0.25) is 0 Å². The predicted octanol–water partition coefficient (Wildman–Crippen LogP) is 3.33. The van der Waals surface area contributed by atoms with E-state index in [4.69, 9.17) is 10.5 Å². The second-order valence-corrected chi connectivity index (χ2v) is 6.83. The van der Waals surface area contributed by atoms with Crippen molar-refractivity contribution in [2.24, 2.45) is 11.1 Å². The van der Waals surface area contributed by atoms with Crippen molar-refractivity contribution in [2.45, 2.75) is 64.5 Å². The fraction of sp³-hybridized carbons (Fsp3) is 0.706. The van der Waals surface area contributed by atoms with E-state index in [0.717, 1.165) is 25.9 Å². The lowest BCUT2D eigenvalue weighted by molar-refractivity contribution is -0.0987. The van der Waals surface area contributed by atoms with Crippen LogP contribution in [0.4, 0.5) is 0 Å². The first-order valence-corrected chi connectivity index (χ1v) is 7.76. The van der Waals surface area contributed by atoms with E-state index < -0.39 is 0 Å². The predicted molar refractivity (Wildman–Crippen MR) is 82.5 cm³/mol. The van der Waals surface area contributed by atoms with Crippen molar-refractivity contribution in [3.63, 3.8) is 0 Å². The molecule has 112 valence electrons. The van der Waals surface area contributed by atoms with Gasteiger partial charge < -0.3 is 10.5 Å². The van der Waals surface area contributed by atoms with Crippen LogP contribution in [-0.4, -0.2) is 23.2 Å². The molecule has 3 nitrogen and oxygen atoms in total. The molecule has 0 spiro atoms. The lowest BCUT2D eigenvalue weighted by Gasteiger charge is -2.46. The molecule has 0 saturated heterocycles. The smallest absolute Gasteiger partial charge is 0.0836 e. The van der Waals surface area contributed by atoms with Crippen LogP contribution < -0.4 is 5.73 Å². The standard InChI is InChI=1S/C17H28N2O/c1-4-20-17(9-7-16(2,3)8-10-17)15(18)13-14-5-11-19-12-6-14/h5-6,11-12,15H,4,7-10,13,18H2,1-3H3. The molecule has 1 atom stereocenters. The second-order valence-electron chi connectivity index (χ2n) is 6.83. The summed E-state index contributed by atoms with van der Waals surface area (Å²) in [6, 6.07) is 4.15. The minimum Gasteiger partial charge on any atom is -0.374 e. The Morgan fingerprint density at radius 1 is 1.20 bits per heavy atom. The zero-order valence-corrected chi connectivity index (χ0v) is 13.1. The second kappa shape index (κ2) is 6.23. The maximum atomic E-state index is 6.54. The Hall–Kier alpha value is -0.930. The first kappa shape index (κ1) is 15.5. The van der Waals surface area contributed by atoms with Crippen LogP contribution in [0.2, 0.25) is 0 Å². The van der Waals surface area contributed by atoms with Gasteiger partial charge in [0.05, 0.1) is 5.60 Å². The summed E-state index contributed by atoms with van der Waals surface area (Å²) in [4.78, 5) is 4.07. The fourth-order valence-corrected chi connectivity index (χ4v) is 3.22. The van der Waals surface area contributed by atoms with E-state index in [9.17, 15) is 0 Å². The summed E-state index contributed by atoms with van der Waals surface area (Å²) in [6.07, 6.45) is 9.05. The van der Waals surface area contributed by atoms with Gasteiger partial charge in [-0.1, -0.05) is 13.8 Å². The van der Waals surface area contributed by atoms with Gasteiger partial charge in [-0.2, -0.15) is 0 Å². The van der Waals surface area contributed by atoms with E-state index in [1.165, 1.54) is 18.4 Å². The Labute approximate surface area is 122 Å². The zero-order chi connectivity index (χ0) is 14.6. The fourth-order valence-electron chi connectivity index (χ4n) is 3.22. The summed E-state index contributed by atoms with van der Waals surface area (Å²) >= 11 is 0. The Morgan fingerprint density at radius 3 is 2.35 bits per heavy atom. The van der Waals surface area contributed by atoms with Gasteiger partial charge >= 0.3 is 0 Å². The van der Waals surface area contributed by atoms with Crippen LogP contribution in [0.5, 0.6) is 0 Å². The Balaban J connectivity index is 2.08. The molecule has 0 aliphatic heterocycles. The van der Waals surface area contributed by atoms with E-state index in [-0.39, 0.29) is 11.6 Å².